The third-order valence-electron chi connectivity index (χ3n) is 2.72. The number of carbonyl (C=O) groups is 3. The summed E-state index contributed by atoms with van der Waals surface area (Å²) in [4.78, 5) is 35.2. The Hall–Kier alpha value is -2.37. The Bertz CT molecular complexity index is 727. The second kappa shape index (κ2) is 7.76. The Labute approximate surface area is 142 Å². The second-order valence-corrected chi connectivity index (χ2v) is 5.35. The normalized spacial score (nSPS) is 10.0. The minimum absolute atomic E-state index is 0.115. The summed E-state index contributed by atoms with van der Waals surface area (Å²) in [5.74, 6) is -2.07. The summed E-state index contributed by atoms with van der Waals surface area (Å²) in [7, 11) is 0. The van der Waals surface area contributed by atoms with E-state index in [9.17, 15) is 14.4 Å². The van der Waals surface area contributed by atoms with Crippen LogP contribution in [-0.4, -0.2) is 24.4 Å². The maximum atomic E-state index is 11.8. The largest absolute Gasteiger partial charge is 0.452 e. The van der Waals surface area contributed by atoms with Crippen molar-refractivity contribution in [1.29, 1.82) is 0 Å². The van der Waals surface area contributed by atoms with E-state index in [-0.39, 0.29) is 15.6 Å². The van der Waals surface area contributed by atoms with E-state index in [1.807, 2.05) is 0 Å². The van der Waals surface area contributed by atoms with Gasteiger partial charge in [0.05, 0.1) is 5.56 Å². The molecule has 0 saturated carbocycles. The van der Waals surface area contributed by atoms with E-state index in [0.717, 1.165) is 0 Å². The van der Waals surface area contributed by atoms with E-state index in [2.05, 4.69) is 5.32 Å². The second-order valence-electron chi connectivity index (χ2n) is 4.48. The summed E-state index contributed by atoms with van der Waals surface area (Å²) in [6.07, 6.45) is 0. The van der Waals surface area contributed by atoms with Gasteiger partial charge in [0.25, 0.3) is 11.8 Å². The van der Waals surface area contributed by atoms with Crippen LogP contribution in [0.15, 0.2) is 48.5 Å². The monoisotopic (exact) mass is 351 g/mol. The van der Waals surface area contributed by atoms with Gasteiger partial charge in [0.1, 0.15) is 0 Å². The molecule has 0 saturated heterocycles. The van der Waals surface area contributed by atoms with Crippen molar-refractivity contribution in [1.82, 2.24) is 5.32 Å². The first-order valence-corrected chi connectivity index (χ1v) is 7.24. The third-order valence-corrected chi connectivity index (χ3v) is 3.16. The van der Waals surface area contributed by atoms with Crippen LogP contribution in [0.1, 0.15) is 20.7 Å². The van der Waals surface area contributed by atoms with Crippen molar-refractivity contribution in [2.75, 3.05) is 6.61 Å². The fourth-order valence-corrected chi connectivity index (χ4v) is 2.24. The average molecular weight is 352 g/mol. The summed E-state index contributed by atoms with van der Waals surface area (Å²) in [5, 5.41) is 2.66. The molecule has 2 aromatic carbocycles. The predicted molar refractivity (Wildman–Crippen MR) is 85.7 cm³/mol. The van der Waals surface area contributed by atoms with E-state index in [1.165, 1.54) is 18.2 Å². The molecule has 23 heavy (non-hydrogen) atoms. The topological polar surface area (TPSA) is 72.5 Å². The van der Waals surface area contributed by atoms with Gasteiger partial charge in [-0.25, -0.2) is 4.79 Å². The van der Waals surface area contributed by atoms with E-state index in [1.54, 1.807) is 30.3 Å². The summed E-state index contributed by atoms with van der Waals surface area (Å²) in [6, 6.07) is 12.4. The highest BCUT2D eigenvalue weighted by Gasteiger charge is 2.14. The molecular formula is C16H11Cl2NO4. The van der Waals surface area contributed by atoms with Crippen molar-refractivity contribution in [3.63, 3.8) is 0 Å². The molecule has 0 aliphatic rings. The molecule has 0 unspecified atom stereocenters. The molecule has 2 amide bonds. The Morgan fingerprint density at radius 3 is 2.13 bits per heavy atom. The molecule has 5 nitrogen and oxygen atoms in total. The zero-order valence-electron chi connectivity index (χ0n) is 11.7. The molecule has 0 radical (unpaired) electrons. The number of ether oxygens (including phenoxy) is 1. The number of hydrogen-bond donors (Lipinski definition) is 1. The highest BCUT2D eigenvalue weighted by molar-refractivity contribution is 6.35. The van der Waals surface area contributed by atoms with Gasteiger partial charge in [-0.05, 0) is 30.3 Å². The van der Waals surface area contributed by atoms with Crippen LogP contribution in [0.5, 0.6) is 0 Å². The summed E-state index contributed by atoms with van der Waals surface area (Å²) in [5.41, 5.74) is 0.443. The molecular weight excluding hydrogens is 341 g/mol. The van der Waals surface area contributed by atoms with E-state index in [0.29, 0.717) is 5.56 Å². The van der Waals surface area contributed by atoms with E-state index in [4.69, 9.17) is 27.9 Å². The number of halogens is 2. The molecule has 0 aliphatic carbocycles. The average Bonchev–Trinajstić information content (AvgIpc) is 2.52. The Kier molecular flexibility index (Phi) is 5.73. The highest BCUT2D eigenvalue weighted by atomic mass is 35.5. The van der Waals surface area contributed by atoms with Crippen LogP contribution in [0.4, 0.5) is 0 Å². The molecule has 0 heterocycles. The first-order valence-electron chi connectivity index (χ1n) is 6.48. The molecule has 0 spiro atoms. The lowest BCUT2D eigenvalue weighted by Crippen LogP contribution is -2.34. The quantitative estimate of drug-likeness (QED) is 0.859. The van der Waals surface area contributed by atoms with Crippen molar-refractivity contribution < 1.29 is 19.1 Å². The van der Waals surface area contributed by atoms with Gasteiger partial charge >= 0.3 is 5.97 Å². The van der Waals surface area contributed by atoms with Crippen molar-refractivity contribution in [3.05, 3.63) is 69.7 Å². The third kappa shape index (κ3) is 5.09. The van der Waals surface area contributed by atoms with Crippen LogP contribution in [0.3, 0.4) is 0 Å². The fraction of sp³-hybridized carbons (Fsp3) is 0.0625. The Morgan fingerprint density at radius 1 is 0.913 bits per heavy atom. The van der Waals surface area contributed by atoms with Crippen LogP contribution in [0.25, 0.3) is 0 Å². The zero-order chi connectivity index (χ0) is 16.8. The number of carbonyl (C=O) groups excluding carboxylic acids is 3. The lowest BCUT2D eigenvalue weighted by molar-refractivity contribution is -0.123. The minimum atomic E-state index is -0.767. The number of rotatable bonds is 4. The molecule has 0 fully saturated rings. The summed E-state index contributed by atoms with van der Waals surface area (Å²) < 4.78 is 4.82. The zero-order valence-corrected chi connectivity index (χ0v) is 13.2. The van der Waals surface area contributed by atoms with Crippen molar-refractivity contribution in [2.45, 2.75) is 0 Å². The molecule has 118 valence electrons. The first kappa shape index (κ1) is 17.0. The molecule has 2 aromatic rings. The van der Waals surface area contributed by atoms with Gasteiger partial charge in [0.2, 0.25) is 0 Å². The van der Waals surface area contributed by atoms with Gasteiger partial charge in [0, 0.05) is 15.6 Å². The number of esters is 1. The van der Waals surface area contributed by atoms with Crippen molar-refractivity contribution >= 4 is 41.0 Å². The van der Waals surface area contributed by atoms with Gasteiger partial charge in [-0.15, -0.1) is 0 Å². The SMILES string of the molecule is O=C(COC(=O)c1cc(Cl)cc(Cl)c1)NC(=O)c1ccccc1. The molecule has 1 N–H and O–H groups in total. The standard InChI is InChI=1S/C16H11Cl2NO4/c17-12-6-11(7-13(18)8-12)16(22)23-9-14(20)19-15(21)10-4-2-1-3-5-10/h1-8H,9H2,(H,19,20,21). The molecule has 0 atom stereocenters. The molecule has 7 heteroatoms. The molecule has 0 bridgehead atoms. The number of benzene rings is 2. The smallest absolute Gasteiger partial charge is 0.338 e. The summed E-state index contributed by atoms with van der Waals surface area (Å²) in [6.45, 7) is -0.596. The fourth-order valence-electron chi connectivity index (χ4n) is 1.71. The van der Waals surface area contributed by atoms with Gasteiger partial charge in [-0.3, -0.25) is 14.9 Å². The maximum Gasteiger partial charge on any atom is 0.338 e. The van der Waals surface area contributed by atoms with Gasteiger partial charge in [0.15, 0.2) is 6.61 Å². The Morgan fingerprint density at radius 2 is 1.52 bits per heavy atom. The van der Waals surface area contributed by atoms with Crippen molar-refractivity contribution in [3.8, 4) is 0 Å². The van der Waals surface area contributed by atoms with Gasteiger partial charge in [-0.1, -0.05) is 41.4 Å². The Balaban J connectivity index is 1.89. The lowest BCUT2D eigenvalue weighted by Gasteiger charge is -2.06. The van der Waals surface area contributed by atoms with E-state index < -0.39 is 24.4 Å². The molecule has 0 aromatic heterocycles. The van der Waals surface area contributed by atoms with Crippen LogP contribution in [-0.2, 0) is 9.53 Å². The predicted octanol–water partition coefficient (Wildman–Crippen LogP) is 3.11. The number of hydrogen-bond acceptors (Lipinski definition) is 4. The minimum Gasteiger partial charge on any atom is -0.452 e. The molecule has 0 aliphatic heterocycles. The molecule has 2 rings (SSSR count). The van der Waals surface area contributed by atoms with E-state index >= 15 is 0 Å². The van der Waals surface area contributed by atoms with Crippen LogP contribution >= 0.6 is 23.2 Å². The first-order chi connectivity index (χ1) is 11.0. The summed E-state index contributed by atoms with van der Waals surface area (Å²) >= 11 is 11.6. The number of imide groups is 1. The van der Waals surface area contributed by atoms with Crippen LogP contribution < -0.4 is 5.32 Å². The van der Waals surface area contributed by atoms with Crippen LogP contribution in [0, 0.1) is 0 Å². The number of nitrogens with one attached hydrogen (secondary N) is 1. The van der Waals surface area contributed by atoms with Crippen LogP contribution in [0.2, 0.25) is 10.0 Å². The van der Waals surface area contributed by atoms with Gasteiger partial charge in [-0.2, -0.15) is 0 Å². The van der Waals surface area contributed by atoms with Crippen molar-refractivity contribution in [2.24, 2.45) is 0 Å². The lowest BCUT2D eigenvalue weighted by atomic mass is 10.2. The van der Waals surface area contributed by atoms with Gasteiger partial charge < -0.3 is 4.74 Å². The number of amides is 2. The highest BCUT2D eigenvalue weighted by Crippen LogP contribution is 2.19. The maximum absolute atomic E-state index is 11.8.